The fraction of sp³-hybridized carbons (Fsp3) is 0.909. The van der Waals surface area contributed by atoms with E-state index in [1.807, 2.05) is 0 Å². The van der Waals surface area contributed by atoms with Gasteiger partial charge >= 0.3 is 5.97 Å². The lowest BCUT2D eigenvalue weighted by molar-refractivity contribution is -0.152. The Bertz CT molecular complexity index is 204. The van der Waals surface area contributed by atoms with Crippen molar-refractivity contribution in [3.63, 3.8) is 0 Å². The second-order valence-electron chi connectivity index (χ2n) is 4.61. The minimum Gasteiger partial charge on any atom is -0.481 e. The largest absolute Gasteiger partial charge is 0.481 e. The summed E-state index contributed by atoms with van der Waals surface area (Å²) in [6.07, 6.45) is 5.95. The average Bonchev–Trinajstić information content (AvgIpc) is 2.17. The van der Waals surface area contributed by atoms with Crippen LogP contribution in [0.3, 0.4) is 0 Å². The van der Waals surface area contributed by atoms with Gasteiger partial charge in [0.1, 0.15) is 0 Å². The molecule has 0 heterocycles. The number of carboxylic acids is 1. The number of carboxylic acid groups (broad SMARTS) is 1. The van der Waals surface area contributed by atoms with Crippen LogP contribution >= 0.6 is 0 Å². The van der Waals surface area contributed by atoms with E-state index in [4.69, 9.17) is 5.11 Å². The molecule has 3 aliphatic rings. The Balaban J connectivity index is 2.18. The molecule has 0 aliphatic heterocycles. The molecule has 2 atom stereocenters. The van der Waals surface area contributed by atoms with Gasteiger partial charge in [-0.25, -0.2) is 0 Å². The first-order valence-corrected chi connectivity index (χ1v) is 5.46. The molecule has 74 valence electrons. The zero-order valence-electron chi connectivity index (χ0n) is 8.20. The molecule has 0 spiro atoms. The van der Waals surface area contributed by atoms with Gasteiger partial charge in [0.25, 0.3) is 0 Å². The van der Waals surface area contributed by atoms with E-state index in [0.29, 0.717) is 11.8 Å². The summed E-state index contributed by atoms with van der Waals surface area (Å²) in [6.45, 7) is 2.14. The van der Waals surface area contributed by atoms with Crippen LogP contribution in [0.25, 0.3) is 0 Å². The number of fused-ring (bicyclic) bond motifs is 3. The summed E-state index contributed by atoms with van der Waals surface area (Å²) >= 11 is 0. The molecular formula is C11H18O2. The highest BCUT2D eigenvalue weighted by atomic mass is 16.4. The van der Waals surface area contributed by atoms with Gasteiger partial charge in [0.05, 0.1) is 5.92 Å². The van der Waals surface area contributed by atoms with E-state index in [1.54, 1.807) is 0 Å². The lowest BCUT2D eigenvalue weighted by Crippen LogP contribution is -2.43. The standard InChI is InChI=1S/C11H18O2/c1-2-9-7-3-5-8(6-4-7)10(9)11(12)13/h7-10H,2-6H2,1H3,(H,12,13)/t7?,8?,9-,10-/m1/s1. The monoisotopic (exact) mass is 182 g/mol. The quantitative estimate of drug-likeness (QED) is 0.712. The maximum absolute atomic E-state index is 11.1. The van der Waals surface area contributed by atoms with E-state index < -0.39 is 5.97 Å². The van der Waals surface area contributed by atoms with Crippen LogP contribution in [-0.4, -0.2) is 11.1 Å². The molecule has 3 aliphatic carbocycles. The van der Waals surface area contributed by atoms with Crippen LogP contribution in [0, 0.1) is 23.7 Å². The average molecular weight is 182 g/mol. The Morgan fingerprint density at radius 1 is 1.23 bits per heavy atom. The van der Waals surface area contributed by atoms with Crippen molar-refractivity contribution in [3.8, 4) is 0 Å². The van der Waals surface area contributed by atoms with Gasteiger partial charge in [-0.05, 0) is 43.4 Å². The third-order valence-corrected chi connectivity index (χ3v) is 4.15. The van der Waals surface area contributed by atoms with E-state index in [1.165, 1.54) is 12.8 Å². The van der Waals surface area contributed by atoms with Gasteiger partial charge in [-0.3, -0.25) is 4.79 Å². The molecule has 0 saturated heterocycles. The van der Waals surface area contributed by atoms with Crippen LogP contribution in [0.5, 0.6) is 0 Å². The van der Waals surface area contributed by atoms with E-state index in [-0.39, 0.29) is 5.92 Å². The highest BCUT2D eigenvalue weighted by Gasteiger charge is 2.45. The smallest absolute Gasteiger partial charge is 0.307 e. The van der Waals surface area contributed by atoms with Crippen LogP contribution in [0.2, 0.25) is 0 Å². The molecule has 0 radical (unpaired) electrons. The Morgan fingerprint density at radius 2 is 1.77 bits per heavy atom. The van der Waals surface area contributed by atoms with Crippen LogP contribution in [0.4, 0.5) is 0 Å². The predicted octanol–water partition coefficient (Wildman–Crippen LogP) is 2.53. The van der Waals surface area contributed by atoms with Crippen LogP contribution < -0.4 is 0 Å². The molecule has 3 saturated carbocycles. The van der Waals surface area contributed by atoms with Crippen molar-refractivity contribution >= 4 is 5.97 Å². The Morgan fingerprint density at radius 3 is 2.15 bits per heavy atom. The molecule has 3 fully saturated rings. The van der Waals surface area contributed by atoms with Gasteiger partial charge in [-0.1, -0.05) is 13.3 Å². The third kappa shape index (κ3) is 1.36. The molecule has 3 rings (SSSR count). The summed E-state index contributed by atoms with van der Waals surface area (Å²) in [6, 6.07) is 0. The van der Waals surface area contributed by atoms with Gasteiger partial charge in [0.15, 0.2) is 0 Å². The summed E-state index contributed by atoms with van der Waals surface area (Å²) in [5, 5.41) is 9.16. The second kappa shape index (κ2) is 3.32. The van der Waals surface area contributed by atoms with Gasteiger partial charge in [0, 0.05) is 0 Å². The van der Waals surface area contributed by atoms with Crippen molar-refractivity contribution < 1.29 is 9.90 Å². The van der Waals surface area contributed by atoms with E-state index in [0.717, 1.165) is 25.2 Å². The SMILES string of the molecule is CC[C@@H]1C2CCC(CC2)[C@H]1C(=O)O. The summed E-state index contributed by atoms with van der Waals surface area (Å²) in [7, 11) is 0. The molecule has 2 heteroatoms. The van der Waals surface area contributed by atoms with Gasteiger partial charge in [-0.15, -0.1) is 0 Å². The third-order valence-electron chi connectivity index (χ3n) is 4.15. The van der Waals surface area contributed by atoms with Gasteiger partial charge in [-0.2, -0.15) is 0 Å². The lowest BCUT2D eigenvalue weighted by atomic mass is 9.58. The molecular weight excluding hydrogens is 164 g/mol. The van der Waals surface area contributed by atoms with Crippen LogP contribution in [0.1, 0.15) is 39.0 Å². The Kier molecular flexibility index (Phi) is 2.31. The highest BCUT2D eigenvalue weighted by Crippen LogP contribution is 2.49. The van der Waals surface area contributed by atoms with Gasteiger partial charge in [0.2, 0.25) is 0 Å². The lowest BCUT2D eigenvalue weighted by Gasteiger charge is -2.46. The van der Waals surface area contributed by atoms with Crippen molar-refractivity contribution in [3.05, 3.63) is 0 Å². The number of aliphatic carboxylic acids is 1. The van der Waals surface area contributed by atoms with Crippen molar-refractivity contribution in [1.82, 2.24) is 0 Å². The maximum atomic E-state index is 11.1. The first-order valence-electron chi connectivity index (χ1n) is 5.46. The van der Waals surface area contributed by atoms with Crippen molar-refractivity contribution in [2.24, 2.45) is 23.7 Å². The molecule has 2 bridgehead atoms. The predicted molar refractivity (Wildman–Crippen MR) is 50.4 cm³/mol. The first-order chi connectivity index (χ1) is 6.24. The number of carbonyl (C=O) groups is 1. The highest BCUT2D eigenvalue weighted by molar-refractivity contribution is 5.71. The summed E-state index contributed by atoms with van der Waals surface area (Å²) in [5.41, 5.74) is 0. The normalized spacial score (nSPS) is 43.5. The molecule has 0 unspecified atom stereocenters. The number of rotatable bonds is 2. The van der Waals surface area contributed by atoms with Crippen molar-refractivity contribution in [2.45, 2.75) is 39.0 Å². The molecule has 0 aromatic heterocycles. The van der Waals surface area contributed by atoms with Crippen LogP contribution in [-0.2, 0) is 4.79 Å². The number of hydrogen-bond acceptors (Lipinski definition) is 1. The Hall–Kier alpha value is -0.530. The fourth-order valence-corrected chi connectivity index (χ4v) is 3.55. The number of hydrogen-bond donors (Lipinski definition) is 1. The van der Waals surface area contributed by atoms with Crippen molar-refractivity contribution in [2.75, 3.05) is 0 Å². The Labute approximate surface area is 79.3 Å². The molecule has 0 amide bonds. The summed E-state index contributed by atoms with van der Waals surface area (Å²) in [5.74, 6) is 1.13. The minimum atomic E-state index is -0.541. The molecule has 1 N–H and O–H groups in total. The van der Waals surface area contributed by atoms with E-state index in [9.17, 15) is 4.79 Å². The minimum absolute atomic E-state index is 0.0162. The molecule has 13 heavy (non-hydrogen) atoms. The molecule has 0 aromatic rings. The summed E-state index contributed by atoms with van der Waals surface area (Å²) < 4.78 is 0. The van der Waals surface area contributed by atoms with Gasteiger partial charge < -0.3 is 5.11 Å². The van der Waals surface area contributed by atoms with Crippen LogP contribution in [0.15, 0.2) is 0 Å². The van der Waals surface area contributed by atoms with Crippen molar-refractivity contribution in [1.29, 1.82) is 0 Å². The topological polar surface area (TPSA) is 37.3 Å². The van der Waals surface area contributed by atoms with E-state index >= 15 is 0 Å². The summed E-state index contributed by atoms with van der Waals surface area (Å²) in [4.78, 5) is 11.1. The zero-order chi connectivity index (χ0) is 9.42. The fourth-order valence-electron chi connectivity index (χ4n) is 3.55. The second-order valence-corrected chi connectivity index (χ2v) is 4.61. The molecule has 0 aromatic carbocycles. The molecule has 2 nitrogen and oxygen atoms in total. The van der Waals surface area contributed by atoms with E-state index in [2.05, 4.69) is 6.92 Å². The first kappa shape index (κ1) is 9.04. The maximum Gasteiger partial charge on any atom is 0.307 e. The zero-order valence-corrected chi connectivity index (χ0v) is 8.20.